The van der Waals surface area contributed by atoms with E-state index < -0.39 is 0 Å². The third kappa shape index (κ3) is 5.11. The first kappa shape index (κ1) is 16.3. The average Bonchev–Trinajstić information content (AvgIpc) is 2.36. The van der Waals surface area contributed by atoms with Crippen molar-refractivity contribution < 1.29 is 15.0 Å². The molecule has 0 fully saturated rings. The highest BCUT2D eigenvalue weighted by Gasteiger charge is 2.19. The minimum atomic E-state index is -0.314. The minimum absolute atomic E-state index is 0.0391. The summed E-state index contributed by atoms with van der Waals surface area (Å²) in [5.74, 6) is -0.573. The number of carbonyl (C=O) groups is 1. The van der Waals surface area contributed by atoms with Crippen molar-refractivity contribution in [2.45, 2.75) is 46.5 Å². The number of phenols is 2. The van der Waals surface area contributed by atoms with Crippen molar-refractivity contribution in [2.75, 3.05) is 6.54 Å². The molecule has 20 heavy (non-hydrogen) atoms. The Morgan fingerprint density at radius 2 is 1.95 bits per heavy atom. The van der Waals surface area contributed by atoms with E-state index in [1.165, 1.54) is 31.0 Å². The van der Waals surface area contributed by atoms with Gasteiger partial charge in [0.1, 0.15) is 11.5 Å². The third-order valence-electron chi connectivity index (χ3n) is 3.41. The molecule has 4 nitrogen and oxygen atoms in total. The van der Waals surface area contributed by atoms with Crippen LogP contribution >= 0.6 is 0 Å². The van der Waals surface area contributed by atoms with E-state index >= 15 is 0 Å². The molecule has 0 aliphatic heterocycles. The lowest BCUT2D eigenvalue weighted by Crippen LogP contribution is -2.34. The van der Waals surface area contributed by atoms with E-state index in [9.17, 15) is 15.0 Å². The fraction of sp³-hybridized carbons (Fsp3) is 0.562. The summed E-state index contributed by atoms with van der Waals surface area (Å²) in [5, 5.41) is 21.7. The summed E-state index contributed by atoms with van der Waals surface area (Å²) in [6.07, 6.45) is 4.60. The van der Waals surface area contributed by atoms with Gasteiger partial charge in [-0.2, -0.15) is 0 Å². The van der Waals surface area contributed by atoms with Gasteiger partial charge in [-0.1, -0.05) is 40.0 Å². The molecular formula is C16H25NO3. The predicted molar refractivity (Wildman–Crippen MR) is 80.0 cm³/mol. The van der Waals surface area contributed by atoms with Crippen LogP contribution in [0.25, 0.3) is 0 Å². The highest BCUT2D eigenvalue weighted by molar-refractivity contribution is 5.97. The predicted octanol–water partition coefficient (Wildman–Crippen LogP) is 3.43. The molecule has 0 heterocycles. The zero-order chi connectivity index (χ0) is 15.2. The fourth-order valence-electron chi connectivity index (χ4n) is 2.07. The minimum Gasteiger partial charge on any atom is -0.508 e. The summed E-state index contributed by atoms with van der Waals surface area (Å²) in [5.41, 5.74) is 0.226. The van der Waals surface area contributed by atoms with Crippen LogP contribution < -0.4 is 5.32 Å². The van der Waals surface area contributed by atoms with Crippen molar-refractivity contribution in [2.24, 2.45) is 5.41 Å². The lowest BCUT2D eigenvalue weighted by Gasteiger charge is -2.25. The largest absolute Gasteiger partial charge is 0.508 e. The normalized spacial score (nSPS) is 11.3. The maximum Gasteiger partial charge on any atom is 0.255 e. The molecule has 1 amide bonds. The number of rotatable bonds is 7. The van der Waals surface area contributed by atoms with E-state index in [2.05, 4.69) is 26.1 Å². The summed E-state index contributed by atoms with van der Waals surface area (Å²) in [6.45, 7) is 6.98. The van der Waals surface area contributed by atoms with Crippen molar-refractivity contribution in [3.8, 4) is 11.5 Å². The Labute approximate surface area is 120 Å². The summed E-state index contributed by atoms with van der Waals surface area (Å²) < 4.78 is 0. The monoisotopic (exact) mass is 279 g/mol. The van der Waals surface area contributed by atoms with Crippen molar-refractivity contribution in [3.63, 3.8) is 0 Å². The zero-order valence-corrected chi connectivity index (χ0v) is 12.6. The van der Waals surface area contributed by atoms with E-state index in [1.807, 2.05) is 0 Å². The summed E-state index contributed by atoms with van der Waals surface area (Å²) >= 11 is 0. The first-order valence-electron chi connectivity index (χ1n) is 7.16. The number of benzene rings is 1. The van der Waals surface area contributed by atoms with Gasteiger partial charge in [-0.05, 0) is 24.0 Å². The van der Waals surface area contributed by atoms with Crippen molar-refractivity contribution in [1.82, 2.24) is 5.32 Å². The number of hydrogen-bond acceptors (Lipinski definition) is 3. The van der Waals surface area contributed by atoms with Gasteiger partial charge in [0.2, 0.25) is 0 Å². The number of hydrogen-bond donors (Lipinski definition) is 3. The van der Waals surface area contributed by atoms with Gasteiger partial charge >= 0.3 is 0 Å². The Bertz CT molecular complexity index is 455. The molecule has 3 N–H and O–H groups in total. The van der Waals surface area contributed by atoms with Crippen LogP contribution in [0.2, 0.25) is 0 Å². The van der Waals surface area contributed by atoms with E-state index in [0.29, 0.717) is 6.54 Å². The molecular weight excluding hydrogens is 254 g/mol. The molecule has 0 saturated carbocycles. The van der Waals surface area contributed by atoms with Crippen LogP contribution in [0.4, 0.5) is 0 Å². The van der Waals surface area contributed by atoms with E-state index in [4.69, 9.17) is 0 Å². The van der Waals surface area contributed by atoms with Crippen LogP contribution in [-0.2, 0) is 0 Å². The molecule has 0 bridgehead atoms. The molecule has 1 rings (SSSR count). The number of unbranched alkanes of at least 4 members (excludes halogenated alkanes) is 2. The molecule has 1 aromatic rings. The number of amides is 1. The Balaban J connectivity index is 2.54. The Morgan fingerprint density at radius 1 is 1.25 bits per heavy atom. The number of phenolic OH excluding ortho intramolecular Hbond substituents is 2. The molecule has 0 radical (unpaired) electrons. The number of nitrogens with one attached hydrogen (secondary N) is 1. The maximum absolute atomic E-state index is 12.0. The lowest BCUT2D eigenvalue weighted by molar-refractivity contribution is 0.0931. The average molecular weight is 279 g/mol. The van der Waals surface area contributed by atoms with Gasteiger partial charge in [0.15, 0.2) is 0 Å². The van der Waals surface area contributed by atoms with Gasteiger partial charge in [-0.25, -0.2) is 0 Å². The zero-order valence-electron chi connectivity index (χ0n) is 12.6. The molecule has 112 valence electrons. The van der Waals surface area contributed by atoms with Crippen LogP contribution in [0.15, 0.2) is 18.2 Å². The Kier molecular flexibility index (Phi) is 5.86. The van der Waals surface area contributed by atoms with Gasteiger partial charge in [-0.15, -0.1) is 0 Å². The Morgan fingerprint density at radius 3 is 2.55 bits per heavy atom. The molecule has 4 heteroatoms. The van der Waals surface area contributed by atoms with Crippen molar-refractivity contribution >= 4 is 5.91 Å². The highest BCUT2D eigenvalue weighted by Crippen LogP contribution is 2.25. The third-order valence-corrected chi connectivity index (χ3v) is 3.41. The molecule has 0 spiro atoms. The van der Waals surface area contributed by atoms with E-state index in [0.717, 1.165) is 12.8 Å². The standard InChI is InChI=1S/C16H25NO3/c1-4-5-6-9-16(2,3)11-17-15(20)13-8-7-12(18)10-14(13)19/h7-8,10,18-19H,4-6,9,11H2,1-3H3,(H,17,20). The van der Waals surface area contributed by atoms with Gasteiger partial charge in [0.05, 0.1) is 5.56 Å². The molecule has 0 aromatic heterocycles. The van der Waals surface area contributed by atoms with Gasteiger partial charge in [0.25, 0.3) is 5.91 Å². The van der Waals surface area contributed by atoms with Crippen LogP contribution in [0.5, 0.6) is 11.5 Å². The molecule has 0 aliphatic rings. The molecule has 0 unspecified atom stereocenters. The van der Waals surface area contributed by atoms with Crippen LogP contribution in [0.1, 0.15) is 56.8 Å². The fourth-order valence-corrected chi connectivity index (χ4v) is 2.07. The highest BCUT2D eigenvalue weighted by atomic mass is 16.3. The van der Waals surface area contributed by atoms with Crippen LogP contribution in [0, 0.1) is 5.41 Å². The molecule has 0 aliphatic carbocycles. The number of aromatic hydroxyl groups is 2. The topological polar surface area (TPSA) is 69.6 Å². The molecule has 0 atom stereocenters. The van der Waals surface area contributed by atoms with Crippen molar-refractivity contribution in [3.05, 3.63) is 23.8 Å². The lowest BCUT2D eigenvalue weighted by atomic mass is 9.87. The summed E-state index contributed by atoms with van der Waals surface area (Å²) in [6, 6.07) is 3.98. The Hall–Kier alpha value is -1.71. The number of carbonyl (C=O) groups excluding carboxylic acids is 1. The molecule has 1 aromatic carbocycles. The second-order valence-electron chi connectivity index (χ2n) is 6.01. The molecule has 0 saturated heterocycles. The second kappa shape index (κ2) is 7.17. The van der Waals surface area contributed by atoms with Gasteiger partial charge in [0, 0.05) is 12.6 Å². The summed E-state index contributed by atoms with van der Waals surface area (Å²) in [4.78, 5) is 12.0. The van der Waals surface area contributed by atoms with Crippen LogP contribution in [-0.4, -0.2) is 22.7 Å². The quantitative estimate of drug-likeness (QED) is 0.670. The van der Waals surface area contributed by atoms with Crippen molar-refractivity contribution in [1.29, 1.82) is 0 Å². The second-order valence-corrected chi connectivity index (χ2v) is 6.01. The first-order valence-corrected chi connectivity index (χ1v) is 7.16. The smallest absolute Gasteiger partial charge is 0.255 e. The van der Waals surface area contributed by atoms with Crippen LogP contribution in [0.3, 0.4) is 0 Å². The SMILES string of the molecule is CCCCCC(C)(C)CNC(=O)c1ccc(O)cc1O. The van der Waals surface area contributed by atoms with E-state index in [1.54, 1.807) is 0 Å². The maximum atomic E-state index is 12.0. The van der Waals surface area contributed by atoms with Gasteiger partial charge in [-0.3, -0.25) is 4.79 Å². The first-order chi connectivity index (χ1) is 9.35. The van der Waals surface area contributed by atoms with Gasteiger partial charge < -0.3 is 15.5 Å². The summed E-state index contributed by atoms with van der Waals surface area (Å²) in [7, 11) is 0. The van der Waals surface area contributed by atoms with E-state index in [-0.39, 0.29) is 28.4 Å².